The highest BCUT2D eigenvalue weighted by Crippen LogP contribution is 2.34. The van der Waals surface area contributed by atoms with E-state index >= 15 is 0 Å². The van der Waals surface area contributed by atoms with E-state index in [1.165, 1.54) is 16.4 Å². The number of carbonyl (C=O) groups is 1. The van der Waals surface area contributed by atoms with Gasteiger partial charge in [-0.3, -0.25) is 14.2 Å². The number of aromatic hydroxyl groups is 1. The number of sulfonamides is 1. The summed E-state index contributed by atoms with van der Waals surface area (Å²) in [7, 11) is -3.50. The number of halogens is 1. The number of fused-ring (bicyclic) bond motifs is 1. The first kappa shape index (κ1) is 28.0. The Kier molecular flexibility index (Phi) is 8.19. The highest BCUT2D eigenvalue weighted by atomic mass is 32.2. The third-order valence-corrected chi connectivity index (χ3v) is 8.51. The maximum atomic E-state index is 14.4. The van der Waals surface area contributed by atoms with Gasteiger partial charge in [-0.15, -0.1) is 0 Å². The van der Waals surface area contributed by atoms with Crippen LogP contribution in [0.15, 0.2) is 42.5 Å². The van der Waals surface area contributed by atoms with Crippen LogP contribution in [-0.2, 0) is 23.0 Å². The van der Waals surface area contributed by atoms with Crippen LogP contribution >= 0.6 is 0 Å². The van der Waals surface area contributed by atoms with Gasteiger partial charge in [-0.05, 0) is 55.7 Å². The van der Waals surface area contributed by atoms with Crippen molar-refractivity contribution in [3.63, 3.8) is 0 Å². The van der Waals surface area contributed by atoms with Crippen LogP contribution in [0.3, 0.4) is 0 Å². The zero-order valence-corrected chi connectivity index (χ0v) is 23.2. The molecule has 0 amide bonds. The molecular weight excluding hydrogens is 521 g/mol. The summed E-state index contributed by atoms with van der Waals surface area (Å²) in [6, 6.07) is 11.5. The third-order valence-electron chi connectivity index (χ3n) is 6.65. The number of anilines is 2. The Bertz CT molecular complexity index is 1630. The second kappa shape index (κ2) is 11.4. The Morgan fingerprint density at radius 2 is 1.85 bits per heavy atom. The lowest BCUT2D eigenvalue weighted by atomic mass is 10.00. The number of pyridine rings is 1. The Labute approximate surface area is 227 Å². The van der Waals surface area contributed by atoms with Gasteiger partial charge in [-0.25, -0.2) is 17.8 Å². The van der Waals surface area contributed by atoms with Crippen LogP contribution in [-0.4, -0.2) is 46.8 Å². The molecule has 0 bridgehead atoms. The lowest BCUT2D eigenvalue weighted by Gasteiger charge is -2.25. The van der Waals surface area contributed by atoms with E-state index in [-0.39, 0.29) is 36.7 Å². The molecule has 0 saturated heterocycles. The average molecular weight is 554 g/mol. The normalized spacial score (nSPS) is 11.6. The number of carbonyl (C=O) groups excluding carboxylic acids is 1. The summed E-state index contributed by atoms with van der Waals surface area (Å²) in [4.78, 5) is 17.5. The molecule has 0 saturated carbocycles. The number of para-hydroxylation sites is 1. The monoisotopic (exact) mass is 553 g/mol. The summed E-state index contributed by atoms with van der Waals surface area (Å²) in [5.41, 5.74) is 3.66. The van der Waals surface area contributed by atoms with Crippen molar-refractivity contribution in [3.8, 4) is 17.0 Å². The van der Waals surface area contributed by atoms with E-state index in [2.05, 4.69) is 15.5 Å². The molecule has 0 aliphatic carbocycles. The van der Waals surface area contributed by atoms with Crippen molar-refractivity contribution in [1.29, 1.82) is 0 Å². The molecule has 39 heavy (non-hydrogen) atoms. The minimum atomic E-state index is -3.50. The summed E-state index contributed by atoms with van der Waals surface area (Å²) in [6.45, 7) is 7.49. The minimum absolute atomic E-state index is 0.0344. The molecule has 9 nitrogen and oxygen atoms in total. The van der Waals surface area contributed by atoms with Crippen LogP contribution in [0.1, 0.15) is 55.7 Å². The number of Topliss-reactive ketones (excluding diaryl/α,β-unsaturated/α-hetero) is 1. The van der Waals surface area contributed by atoms with Gasteiger partial charge in [0.2, 0.25) is 10.0 Å². The van der Waals surface area contributed by atoms with E-state index in [0.717, 1.165) is 0 Å². The van der Waals surface area contributed by atoms with E-state index < -0.39 is 21.6 Å². The Morgan fingerprint density at radius 1 is 1.10 bits per heavy atom. The fourth-order valence-corrected chi connectivity index (χ4v) is 5.75. The second-order valence-electron chi connectivity index (χ2n) is 8.99. The summed E-state index contributed by atoms with van der Waals surface area (Å²) < 4.78 is 41.3. The number of hydrogen-bond donors (Lipinski definition) is 3. The SMILES string of the molecule is CCC(=O)c1n[nH]c2cc(-c3cc(F)c(O)cc3CC)nc(NCc3ccccc3N(CC)S(=O)(=O)CC)c12. The minimum Gasteiger partial charge on any atom is -0.505 e. The molecule has 2 aromatic carbocycles. The summed E-state index contributed by atoms with van der Waals surface area (Å²) in [5, 5.41) is 20.8. The molecule has 0 unspecified atom stereocenters. The van der Waals surface area contributed by atoms with Crippen molar-refractivity contribution in [2.24, 2.45) is 0 Å². The maximum absolute atomic E-state index is 14.4. The number of nitrogens with zero attached hydrogens (tertiary/aromatic N) is 3. The molecule has 2 aromatic heterocycles. The van der Waals surface area contributed by atoms with E-state index in [0.29, 0.717) is 51.2 Å². The number of benzene rings is 2. The molecule has 4 aromatic rings. The van der Waals surface area contributed by atoms with E-state index in [9.17, 15) is 22.7 Å². The predicted molar refractivity (Wildman–Crippen MR) is 151 cm³/mol. The largest absolute Gasteiger partial charge is 0.505 e. The van der Waals surface area contributed by atoms with Crippen molar-refractivity contribution in [2.75, 3.05) is 21.9 Å². The zero-order valence-electron chi connectivity index (χ0n) is 22.4. The van der Waals surface area contributed by atoms with Gasteiger partial charge in [-0.1, -0.05) is 32.0 Å². The first-order valence-corrected chi connectivity index (χ1v) is 14.5. The number of nitrogens with one attached hydrogen (secondary N) is 2. The predicted octanol–water partition coefficient (Wildman–Crippen LogP) is 5.41. The molecule has 206 valence electrons. The van der Waals surface area contributed by atoms with Crippen LogP contribution in [0, 0.1) is 5.82 Å². The van der Waals surface area contributed by atoms with Crippen molar-refractivity contribution >= 4 is 38.2 Å². The lowest BCUT2D eigenvalue weighted by molar-refractivity contribution is 0.0985. The molecule has 3 N–H and O–H groups in total. The van der Waals surface area contributed by atoms with E-state index in [4.69, 9.17) is 4.98 Å². The van der Waals surface area contributed by atoms with Crippen LogP contribution in [0.5, 0.6) is 5.75 Å². The first-order chi connectivity index (χ1) is 18.6. The van der Waals surface area contributed by atoms with Crippen molar-refractivity contribution < 1.29 is 22.7 Å². The maximum Gasteiger partial charge on any atom is 0.234 e. The fourth-order valence-electron chi connectivity index (χ4n) is 4.57. The fraction of sp³-hybridized carbons (Fsp3) is 0.321. The van der Waals surface area contributed by atoms with Crippen molar-refractivity contribution in [3.05, 3.63) is 65.1 Å². The third kappa shape index (κ3) is 5.44. The Balaban J connectivity index is 1.85. The summed E-state index contributed by atoms with van der Waals surface area (Å²) in [5.74, 6) is -1.06. The van der Waals surface area contributed by atoms with Gasteiger partial charge in [0, 0.05) is 25.1 Å². The number of aromatic amines is 1. The molecule has 0 radical (unpaired) electrons. The smallest absolute Gasteiger partial charge is 0.234 e. The Morgan fingerprint density at radius 3 is 2.51 bits per heavy atom. The van der Waals surface area contributed by atoms with Crippen molar-refractivity contribution in [1.82, 2.24) is 15.2 Å². The molecule has 2 heterocycles. The second-order valence-corrected chi connectivity index (χ2v) is 11.2. The molecule has 0 atom stereocenters. The van der Waals surface area contributed by atoms with Gasteiger partial charge in [-0.2, -0.15) is 5.10 Å². The zero-order chi connectivity index (χ0) is 28.3. The summed E-state index contributed by atoms with van der Waals surface area (Å²) in [6.07, 6.45) is 0.772. The van der Waals surface area contributed by atoms with Gasteiger partial charge in [0.25, 0.3) is 0 Å². The van der Waals surface area contributed by atoms with E-state index in [1.54, 1.807) is 39.0 Å². The van der Waals surface area contributed by atoms with Gasteiger partial charge >= 0.3 is 0 Å². The number of aryl methyl sites for hydroxylation is 1. The molecule has 4 rings (SSSR count). The van der Waals surface area contributed by atoms with Gasteiger partial charge in [0.05, 0.1) is 28.0 Å². The summed E-state index contributed by atoms with van der Waals surface area (Å²) >= 11 is 0. The van der Waals surface area contributed by atoms with Crippen LogP contribution in [0.25, 0.3) is 22.2 Å². The number of hydrogen-bond acceptors (Lipinski definition) is 7. The van der Waals surface area contributed by atoms with Crippen LogP contribution < -0.4 is 9.62 Å². The molecule has 11 heteroatoms. The Hall–Kier alpha value is -3.99. The molecular formula is C28H32FN5O4S. The number of phenols is 1. The molecule has 0 aliphatic rings. The average Bonchev–Trinajstić information content (AvgIpc) is 3.37. The molecule has 0 spiro atoms. The molecule has 0 aliphatic heterocycles. The first-order valence-electron chi connectivity index (χ1n) is 12.9. The van der Waals surface area contributed by atoms with Crippen LogP contribution in [0.4, 0.5) is 15.9 Å². The number of rotatable bonds is 11. The van der Waals surface area contributed by atoms with Gasteiger partial charge in [0.1, 0.15) is 11.5 Å². The standard InChI is InChI=1S/C28H32FN5O4S/c1-5-17-13-25(36)20(29)14-19(17)21-15-22-26(27(33-32-22)24(35)6-2)28(31-21)30-16-18-11-9-10-12-23(18)34(7-3)39(37,38)8-4/h9-15,36H,5-8,16H2,1-4H3,(H,30,31)(H,32,33). The van der Waals surface area contributed by atoms with Gasteiger partial charge < -0.3 is 10.4 Å². The highest BCUT2D eigenvalue weighted by molar-refractivity contribution is 7.92. The van der Waals surface area contributed by atoms with E-state index in [1.807, 2.05) is 19.1 Å². The lowest BCUT2D eigenvalue weighted by Crippen LogP contribution is -2.33. The van der Waals surface area contributed by atoms with Gasteiger partial charge in [0.15, 0.2) is 17.3 Å². The number of ketones is 1. The van der Waals surface area contributed by atoms with Crippen molar-refractivity contribution in [2.45, 2.75) is 47.1 Å². The quantitative estimate of drug-likeness (QED) is 0.212. The number of aromatic nitrogens is 3. The van der Waals surface area contributed by atoms with Crippen LogP contribution in [0.2, 0.25) is 0 Å². The topological polar surface area (TPSA) is 128 Å². The molecule has 0 fully saturated rings. The highest BCUT2D eigenvalue weighted by Gasteiger charge is 2.23. The number of H-pyrrole nitrogens is 1. The number of phenolic OH excluding ortho intramolecular Hbond substituents is 1.